The molecule has 3 aromatic rings. The molecule has 1 unspecified atom stereocenters. The lowest BCUT2D eigenvalue weighted by molar-refractivity contribution is -0.132. The van der Waals surface area contributed by atoms with Crippen molar-refractivity contribution in [1.29, 1.82) is 0 Å². The first-order chi connectivity index (χ1) is 14.4. The number of Topliss-reactive ketones (excluding diaryl/α,β-unsaturated/α-hetero) is 1. The zero-order valence-electron chi connectivity index (χ0n) is 16.0. The SMILES string of the molecule is CCc1ccc(/C(O)=C2/C(=O)C(=O)N(c3cc(Cl)ccc3O)C2c2cccs2)cc1. The predicted octanol–water partition coefficient (Wildman–Crippen LogP) is 5.30. The summed E-state index contributed by atoms with van der Waals surface area (Å²) >= 11 is 7.43. The molecule has 1 amide bonds. The number of aromatic hydroxyl groups is 1. The van der Waals surface area contributed by atoms with Crippen LogP contribution in [0.25, 0.3) is 5.76 Å². The van der Waals surface area contributed by atoms with Crippen LogP contribution in [0.1, 0.15) is 29.0 Å². The molecule has 1 atom stereocenters. The van der Waals surface area contributed by atoms with Crippen LogP contribution in [-0.4, -0.2) is 21.9 Å². The van der Waals surface area contributed by atoms with Crippen LogP contribution in [0.2, 0.25) is 5.02 Å². The molecule has 1 saturated heterocycles. The molecular formula is C23H18ClNO4S. The number of phenols is 1. The second-order valence-corrected chi connectivity index (χ2v) is 8.28. The molecule has 1 aromatic heterocycles. The van der Waals surface area contributed by atoms with E-state index in [9.17, 15) is 19.8 Å². The smallest absolute Gasteiger partial charge is 0.300 e. The van der Waals surface area contributed by atoms with E-state index in [1.54, 1.807) is 24.3 Å². The lowest BCUT2D eigenvalue weighted by atomic mass is 9.99. The quantitative estimate of drug-likeness (QED) is 0.328. The number of nitrogens with zero attached hydrogens (tertiary/aromatic N) is 1. The van der Waals surface area contributed by atoms with Crippen LogP contribution in [0.15, 0.2) is 65.6 Å². The number of rotatable bonds is 4. The van der Waals surface area contributed by atoms with Gasteiger partial charge in [0.15, 0.2) is 0 Å². The molecule has 0 radical (unpaired) electrons. The largest absolute Gasteiger partial charge is 0.507 e. The second kappa shape index (κ2) is 7.97. The Morgan fingerprint density at radius 1 is 1.13 bits per heavy atom. The summed E-state index contributed by atoms with van der Waals surface area (Å²) in [5.74, 6) is -2.09. The lowest BCUT2D eigenvalue weighted by Crippen LogP contribution is -2.29. The number of hydrogen-bond acceptors (Lipinski definition) is 5. The van der Waals surface area contributed by atoms with Gasteiger partial charge in [0.25, 0.3) is 11.7 Å². The number of carbonyl (C=O) groups excluding carboxylic acids is 2. The minimum absolute atomic E-state index is 0.0222. The van der Waals surface area contributed by atoms with Crippen molar-refractivity contribution in [3.05, 3.63) is 86.6 Å². The van der Waals surface area contributed by atoms with Crippen molar-refractivity contribution in [1.82, 2.24) is 0 Å². The van der Waals surface area contributed by atoms with Crippen molar-refractivity contribution in [2.75, 3.05) is 4.90 Å². The molecule has 0 spiro atoms. The number of carbonyl (C=O) groups is 2. The number of amides is 1. The molecule has 5 nitrogen and oxygen atoms in total. The molecule has 152 valence electrons. The standard InChI is InChI=1S/C23H18ClNO4S/c1-2-13-5-7-14(8-6-13)21(27)19-20(18-4-3-11-30-18)25(23(29)22(19)28)16-12-15(24)9-10-17(16)26/h3-12,20,26-27H,2H2,1H3/b21-19-. The van der Waals surface area contributed by atoms with Crippen molar-refractivity contribution in [2.45, 2.75) is 19.4 Å². The van der Waals surface area contributed by atoms with Crippen molar-refractivity contribution < 1.29 is 19.8 Å². The summed E-state index contributed by atoms with van der Waals surface area (Å²) in [5, 5.41) is 23.5. The first-order valence-corrected chi connectivity index (χ1v) is 10.6. The van der Waals surface area contributed by atoms with E-state index in [4.69, 9.17) is 11.6 Å². The fourth-order valence-corrected chi connectivity index (χ4v) is 4.53. The van der Waals surface area contributed by atoms with Gasteiger partial charge in [0.1, 0.15) is 17.6 Å². The summed E-state index contributed by atoms with van der Waals surface area (Å²) in [4.78, 5) is 27.9. The molecule has 1 aliphatic heterocycles. The number of anilines is 1. The van der Waals surface area contributed by atoms with Crippen molar-refractivity contribution in [3.8, 4) is 5.75 Å². The topological polar surface area (TPSA) is 77.8 Å². The third-order valence-corrected chi connectivity index (χ3v) is 6.25. The lowest BCUT2D eigenvalue weighted by Gasteiger charge is -2.25. The predicted molar refractivity (Wildman–Crippen MR) is 118 cm³/mol. The molecule has 2 aromatic carbocycles. The van der Waals surface area contributed by atoms with Crippen LogP contribution in [-0.2, 0) is 16.0 Å². The first kappa shape index (κ1) is 20.2. The van der Waals surface area contributed by atoms with E-state index >= 15 is 0 Å². The summed E-state index contributed by atoms with van der Waals surface area (Å²) in [6, 6.07) is 14.2. The summed E-state index contributed by atoms with van der Waals surface area (Å²) in [7, 11) is 0. The summed E-state index contributed by atoms with van der Waals surface area (Å²) in [6.07, 6.45) is 0.842. The zero-order valence-corrected chi connectivity index (χ0v) is 17.6. The monoisotopic (exact) mass is 439 g/mol. The molecule has 1 fully saturated rings. The molecular weight excluding hydrogens is 422 g/mol. The molecule has 30 heavy (non-hydrogen) atoms. The highest BCUT2D eigenvalue weighted by atomic mass is 35.5. The average molecular weight is 440 g/mol. The van der Waals surface area contributed by atoms with E-state index in [2.05, 4.69) is 0 Å². The number of benzene rings is 2. The highest BCUT2D eigenvalue weighted by Gasteiger charge is 2.48. The van der Waals surface area contributed by atoms with Crippen LogP contribution < -0.4 is 4.90 Å². The molecule has 2 heterocycles. The van der Waals surface area contributed by atoms with Gasteiger partial charge in [-0.05, 0) is 41.6 Å². The Labute approximate surface area is 182 Å². The van der Waals surface area contributed by atoms with Gasteiger partial charge in [-0.3, -0.25) is 14.5 Å². The summed E-state index contributed by atoms with van der Waals surface area (Å²) in [5.41, 5.74) is 1.63. The van der Waals surface area contributed by atoms with E-state index < -0.39 is 17.7 Å². The van der Waals surface area contributed by atoms with Crippen molar-refractivity contribution in [3.63, 3.8) is 0 Å². The highest BCUT2D eigenvalue weighted by Crippen LogP contribution is 2.46. The number of phenolic OH excluding ortho intramolecular Hbond substituents is 1. The summed E-state index contributed by atoms with van der Waals surface area (Å²) in [6.45, 7) is 2.02. The molecule has 7 heteroatoms. The third-order valence-electron chi connectivity index (χ3n) is 5.09. The van der Waals surface area contributed by atoms with Crippen LogP contribution in [0.5, 0.6) is 5.75 Å². The molecule has 1 aliphatic rings. The molecule has 4 rings (SSSR count). The normalized spacial score (nSPS) is 18.2. The number of hydrogen-bond donors (Lipinski definition) is 2. The number of aliphatic hydroxyl groups is 1. The van der Waals surface area contributed by atoms with Gasteiger partial charge in [-0.1, -0.05) is 48.9 Å². The van der Waals surface area contributed by atoms with Crippen LogP contribution in [0.4, 0.5) is 5.69 Å². The Balaban J connectivity index is 1.92. The molecule has 2 N–H and O–H groups in total. The Bertz CT molecular complexity index is 1150. The zero-order chi connectivity index (χ0) is 21.4. The minimum Gasteiger partial charge on any atom is -0.507 e. The number of thiophene rings is 1. The number of ketones is 1. The number of aryl methyl sites for hydroxylation is 1. The Hall–Kier alpha value is -3.09. The van der Waals surface area contributed by atoms with Crippen LogP contribution >= 0.6 is 22.9 Å². The minimum atomic E-state index is -0.875. The van der Waals surface area contributed by atoms with E-state index in [1.165, 1.54) is 34.4 Å². The molecule has 0 bridgehead atoms. The van der Waals surface area contributed by atoms with Gasteiger partial charge in [-0.15, -0.1) is 11.3 Å². The Morgan fingerprint density at radius 3 is 2.50 bits per heavy atom. The van der Waals surface area contributed by atoms with Crippen LogP contribution in [0, 0.1) is 0 Å². The van der Waals surface area contributed by atoms with Gasteiger partial charge >= 0.3 is 0 Å². The van der Waals surface area contributed by atoms with Gasteiger partial charge in [-0.2, -0.15) is 0 Å². The molecule has 0 saturated carbocycles. The van der Waals surface area contributed by atoms with E-state index in [-0.39, 0.29) is 22.8 Å². The number of aliphatic hydroxyl groups excluding tert-OH is 1. The van der Waals surface area contributed by atoms with Crippen molar-refractivity contribution in [2.24, 2.45) is 0 Å². The highest BCUT2D eigenvalue weighted by molar-refractivity contribution is 7.10. The second-order valence-electron chi connectivity index (χ2n) is 6.87. The third kappa shape index (κ3) is 3.38. The Kier molecular flexibility index (Phi) is 5.37. The summed E-state index contributed by atoms with van der Waals surface area (Å²) < 4.78 is 0. The maximum absolute atomic E-state index is 13.0. The van der Waals surface area contributed by atoms with Crippen molar-refractivity contribution >= 4 is 46.1 Å². The van der Waals surface area contributed by atoms with Gasteiger partial charge < -0.3 is 10.2 Å². The fourth-order valence-electron chi connectivity index (χ4n) is 3.54. The van der Waals surface area contributed by atoms with Gasteiger partial charge in [0, 0.05) is 15.5 Å². The first-order valence-electron chi connectivity index (χ1n) is 9.34. The molecule has 0 aliphatic carbocycles. The Morgan fingerprint density at radius 2 is 1.87 bits per heavy atom. The van der Waals surface area contributed by atoms with E-state index in [0.29, 0.717) is 15.5 Å². The fraction of sp³-hybridized carbons (Fsp3) is 0.130. The maximum atomic E-state index is 13.0. The van der Waals surface area contributed by atoms with Gasteiger partial charge in [0.2, 0.25) is 0 Å². The van der Waals surface area contributed by atoms with E-state index in [0.717, 1.165) is 12.0 Å². The van der Waals surface area contributed by atoms with Gasteiger partial charge in [0.05, 0.1) is 11.3 Å². The average Bonchev–Trinajstić information content (AvgIpc) is 3.37. The van der Waals surface area contributed by atoms with Gasteiger partial charge in [-0.25, -0.2) is 0 Å². The maximum Gasteiger partial charge on any atom is 0.300 e. The van der Waals surface area contributed by atoms with E-state index in [1.807, 2.05) is 24.4 Å². The number of halogens is 1. The van der Waals surface area contributed by atoms with Crippen LogP contribution in [0.3, 0.4) is 0 Å².